The van der Waals surface area contributed by atoms with Crippen molar-refractivity contribution in [3.8, 4) is 0 Å². The highest BCUT2D eigenvalue weighted by molar-refractivity contribution is 4.84. The Bertz CT molecular complexity index is 170. The maximum absolute atomic E-state index is 8.93. The van der Waals surface area contributed by atoms with Crippen molar-refractivity contribution in [2.24, 2.45) is 5.90 Å². The van der Waals surface area contributed by atoms with Gasteiger partial charge in [0.25, 0.3) is 0 Å². The van der Waals surface area contributed by atoms with Crippen molar-refractivity contribution in [3.05, 3.63) is 0 Å². The van der Waals surface area contributed by atoms with Crippen molar-refractivity contribution >= 4 is 0 Å². The zero-order valence-electron chi connectivity index (χ0n) is 8.19. The van der Waals surface area contributed by atoms with Gasteiger partial charge >= 0.3 is 0 Å². The second kappa shape index (κ2) is 3.89. The van der Waals surface area contributed by atoms with Crippen LogP contribution in [0.25, 0.3) is 0 Å². The van der Waals surface area contributed by atoms with Crippen molar-refractivity contribution in [1.82, 2.24) is 0 Å². The van der Waals surface area contributed by atoms with Gasteiger partial charge in [-0.3, -0.25) is 4.84 Å². The Hall–Kier alpha value is -0.200. The number of nitrogens with two attached hydrogens (primary N) is 1. The third-order valence-corrected chi connectivity index (χ3v) is 2.07. The summed E-state index contributed by atoms with van der Waals surface area (Å²) in [4.78, 5) is 4.59. The minimum atomic E-state index is -0.629. The van der Waals surface area contributed by atoms with Gasteiger partial charge in [0.1, 0.15) is 12.2 Å². The number of aliphatic hydroxyl groups is 1. The third kappa shape index (κ3) is 2.38. The third-order valence-electron chi connectivity index (χ3n) is 2.07. The first-order chi connectivity index (χ1) is 6.00. The second-order valence-corrected chi connectivity index (χ2v) is 3.66. The minimum Gasteiger partial charge on any atom is -0.393 e. The molecule has 3 N–H and O–H groups in total. The molecule has 0 aromatic rings. The highest BCUT2D eigenvalue weighted by atomic mass is 16.8. The number of ether oxygens (including phenoxy) is 2. The van der Waals surface area contributed by atoms with Crippen LogP contribution in [0, 0.1) is 0 Å². The lowest BCUT2D eigenvalue weighted by molar-refractivity contribution is -0.162. The van der Waals surface area contributed by atoms with Crippen LogP contribution in [0.5, 0.6) is 0 Å². The molecule has 0 amide bonds. The molecule has 1 rings (SSSR count). The van der Waals surface area contributed by atoms with E-state index in [0.29, 0.717) is 0 Å². The number of hydrogen-bond donors (Lipinski definition) is 2. The summed E-state index contributed by atoms with van der Waals surface area (Å²) >= 11 is 0. The molecular formula is C8H17NO4. The summed E-state index contributed by atoms with van der Waals surface area (Å²) in [5.74, 6) is 4.39. The topological polar surface area (TPSA) is 73.9 Å². The molecule has 1 fully saturated rings. The largest absolute Gasteiger partial charge is 0.393 e. The van der Waals surface area contributed by atoms with Crippen molar-refractivity contribution in [3.63, 3.8) is 0 Å². The van der Waals surface area contributed by atoms with Crippen LogP contribution >= 0.6 is 0 Å². The van der Waals surface area contributed by atoms with Crippen LogP contribution < -0.4 is 5.90 Å². The summed E-state index contributed by atoms with van der Waals surface area (Å²) in [7, 11) is 0. The summed E-state index contributed by atoms with van der Waals surface area (Å²) < 4.78 is 11.0. The van der Waals surface area contributed by atoms with Crippen LogP contribution in [0.2, 0.25) is 0 Å². The molecule has 0 aromatic carbocycles. The van der Waals surface area contributed by atoms with Gasteiger partial charge in [0, 0.05) is 0 Å². The van der Waals surface area contributed by atoms with Crippen molar-refractivity contribution in [2.45, 2.75) is 44.9 Å². The normalized spacial score (nSPS) is 34.8. The fraction of sp³-hybridized carbons (Fsp3) is 1.00. The van der Waals surface area contributed by atoms with Gasteiger partial charge in [0.05, 0.1) is 12.7 Å². The summed E-state index contributed by atoms with van der Waals surface area (Å²) in [5, 5.41) is 8.93. The molecule has 78 valence electrons. The zero-order chi connectivity index (χ0) is 10.1. The van der Waals surface area contributed by atoms with Crippen LogP contribution in [0.15, 0.2) is 0 Å². The molecule has 0 aliphatic carbocycles. The predicted octanol–water partition coefficient (Wildman–Crippen LogP) is -0.222. The van der Waals surface area contributed by atoms with E-state index >= 15 is 0 Å². The van der Waals surface area contributed by atoms with Gasteiger partial charge in [0.2, 0.25) is 0 Å². The quantitative estimate of drug-likeness (QED) is 0.603. The molecule has 1 heterocycles. The van der Waals surface area contributed by atoms with Gasteiger partial charge in [-0.15, -0.1) is 0 Å². The van der Waals surface area contributed by atoms with Gasteiger partial charge < -0.3 is 14.6 Å². The number of hydrogen-bond acceptors (Lipinski definition) is 5. The average Bonchev–Trinajstić information content (AvgIpc) is 2.28. The van der Waals surface area contributed by atoms with E-state index in [0.717, 1.165) is 0 Å². The second-order valence-electron chi connectivity index (χ2n) is 3.66. The van der Waals surface area contributed by atoms with Gasteiger partial charge in [-0.1, -0.05) is 0 Å². The summed E-state index contributed by atoms with van der Waals surface area (Å²) in [6.45, 7) is 5.31. The van der Waals surface area contributed by atoms with Crippen LogP contribution in [-0.4, -0.2) is 35.8 Å². The van der Waals surface area contributed by atoms with Gasteiger partial charge in [-0.05, 0) is 20.8 Å². The van der Waals surface area contributed by atoms with E-state index in [1.807, 2.05) is 20.8 Å². The van der Waals surface area contributed by atoms with Crippen LogP contribution in [0.3, 0.4) is 0 Å². The summed E-state index contributed by atoms with van der Waals surface area (Å²) in [6, 6.07) is 0. The highest BCUT2D eigenvalue weighted by Crippen LogP contribution is 2.29. The van der Waals surface area contributed by atoms with E-state index in [1.54, 1.807) is 0 Å². The first kappa shape index (κ1) is 10.9. The SMILES string of the molecule is C[C@@H]1OC(C)(C)O[C@@H]1[C@@H](CO)ON. The molecular weight excluding hydrogens is 174 g/mol. The molecule has 3 atom stereocenters. The molecule has 13 heavy (non-hydrogen) atoms. The molecule has 1 aliphatic heterocycles. The van der Waals surface area contributed by atoms with E-state index in [9.17, 15) is 0 Å². The monoisotopic (exact) mass is 191 g/mol. The Morgan fingerprint density at radius 3 is 2.46 bits per heavy atom. The van der Waals surface area contributed by atoms with Gasteiger partial charge in [-0.25, -0.2) is 5.90 Å². The molecule has 0 saturated carbocycles. The average molecular weight is 191 g/mol. The Kier molecular flexibility index (Phi) is 3.26. The zero-order valence-corrected chi connectivity index (χ0v) is 8.19. The standard InChI is InChI=1S/C8H17NO4/c1-5-7(6(4-10)13-9)12-8(2,3)11-5/h5-7,10H,4,9H2,1-3H3/t5-,6+,7-/m0/s1. The molecule has 0 bridgehead atoms. The lowest BCUT2D eigenvalue weighted by atomic mass is 10.1. The minimum absolute atomic E-state index is 0.129. The number of aliphatic hydroxyl groups excluding tert-OH is 1. The molecule has 0 spiro atoms. The van der Waals surface area contributed by atoms with E-state index in [2.05, 4.69) is 4.84 Å². The fourth-order valence-corrected chi connectivity index (χ4v) is 1.57. The van der Waals surface area contributed by atoms with Gasteiger partial charge in [0.15, 0.2) is 5.79 Å². The Morgan fingerprint density at radius 1 is 1.54 bits per heavy atom. The van der Waals surface area contributed by atoms with E-state index in [1.165, 1.54) is 0 Å². The summed E-state index contributed by atoms with van der Waals surface area (Å²) in [6.07, 6.45) is -0.975. The first-order valence-electron chi connectivity index (χ1n) is 4.32. The molecule has 0 unspecified atom stereocenters. The Balaban J connectivity index is 2.61. The van der Waals surface area contributed by atoms with Crippen molar-refractivity contribution < 1.29 is 19.4 Å². The van der Waals surface area contributed by atoms with E-state index < -0.39 is 11.9 Å². The van der Waals surface area contributed by atoms with E-state index in [-0.39, 0.29) is 18.8 Å². The summed E-state index contributed by atoms with van der Waals surface area (Å²) in [5.41, 5.74) is 0. The molecule has 0 radical (unpaired) electrons. The van der Waals surface area contributed by atoms with Crippen LogP contribution in [0.1, 0.15) is 20.8 Å². The molecule has 1 saturated heterocycles. The molecule has 0 aromatic heterocycles. The number of rotatable bonds is 3. The first-order valence-corrected chi connectivity index (χ1v) is 4.32. The maximum atomic E-state index is 8.93. The Labute approximate surface area is 77.7 Å². The fourth-order valence-electron chi connectivity index (χ4n) is 1.57. The van der Waals surface area contributed by atoms with Gasteiger partial charge in [-0.2, -0.15) is 0 Å². The van der Waals surface area contributed by atoms with Crippen LogP contribution in [-0.2, 0) is 14.3 Å². The smallest absolute Gasteiger partial charge is 0.163 e. The lowest BCUT2D eigenvalue weighted by Crippen LogP contribution is -2.40. The van der Waals surface area contributed by atoms with E-state index in [4.69, 9.17) is 20.5 Å². The van der Waals surface area contributed by atoms with Crippen LogP contribution in [0.4, 0.5) is 0 Å². The molecule has 5 nitrogen and oxygen atoms in total. The lowest BCUT2D eigenvalue weighted by Gasteiger charge is -2.21. The highest BCUT2D eigenvalue weighted by Gasteiger charge is 2.43. The predicted molar refractivity (Wildman–Crippen MR) is 45.6 cm³/mol. The van der Waals surface area contributed by atoms with Crippen molar-refractivity contribution in [2.75, 3.05) is 6.61 Å². The molecule has 1 aliphatic rings. The maximum Gasteiger partial charge on any atom is 0.163 e. The Morgan fingerprint density at radius 2 is 2.15 bits per heavy atom. The molecule has 5 heteroatoms. The van der Waals surface area contributed by atoms with Crippen molar-refractivity contribution in [1.29, 1.82) is 0 Å².